The monoisotopic (exact) mass is 105 g/mol. The number of hydrogen-bond acceptors (Lipinski definition) is 2. The van der Waals surface area contributed by atoms with Gasteiger partial charge in [-0.15, -0.1) is 0 Å². The van der Waals surface area contributed by atoms with E-state index in [1.54, 1.807) is 0 Å². The molecule has 44 valence electrons. The number of rotatable bonds is 2. The minimum Gasteiger partial charge on any atom is -0.396 e. The molecule has 0 amide bonds. The van der Waals surface area contributed by atoms with Gasteiger partial charge in [0.25, 0.3) is 0 Å². The van der Waals surface area contributed by atoms with Crippen LogP contribution in [0.4, 0.5) is 0 Å². The van der Waals surface area contributed by atoms with Gasteiger partial charge in [-0.25, -0.2) is 0 Å². The molecule has 0 aromatic rings. The fourth-order valence-electron chi connectivity index (χ4n) is 0.223. The molecule has 0 aromatic carbocycles. The van der Waals surface area contributed by atoms with E-state index >= 15 is 0 Å². The van der Waals surface area contributed by atoms with Gasteiger partial charge >= 0.3 is 0 Å². The molecule has 0 fully saturated rings. The summed E-state index contributed by atoms with van der Waals surface area (Å²) in [5, 5.41) is 17.3. The Morgan fingerprint density at radius 3 is 2.14 bits per heavy atom. The van der Waals surface area contributed by atoms with Crippen molar-refractivity contribution in [2.24, 2.45) is 0 Å². The average Bonchev–Trinajstić information content (AvgIpc) is 1.62. The van der Waals surface area contributed by atoms with Crippen molar-refractivity contribution >= 4 is 0 Å². The summed E-state index contributed by atoms with van der Waals surface area (Å²) in [6.45, 7) is 2.71. The van der Waals surface area contributed by atoms with Crippen LogP contribution in [0.2, 0.25) is 0 Å². The molecular formula is C5H12O2. The van der Waals surface area contributed by atoms with Crippen LogP contribution in [0.25, 0.3) is 0 Å². The van der Waals surface area contributed by atoms with Crippen molar-refractivity contribution in [2.75, 3.05) is 6.61 Å². The lowest BCUT2D eigenvalue weighted by Crippen LogP contribution is -2.19. The maximum Gasteiger partial charge on any atom is 0.0613 e. The lowest BCUT2D eigenvalue weighted by Gasteiger charge is -2.13. The van der Waals surface area contributed by atoms with Gasteiger partial charge in [-0.2, -0.15) is 0 Å². The second kappa shape index (κ2) is 2.28. The molecule has 0 radical (unpaired) electrons. The molecule has 0 heterocycles. The Balaban J connectivity index is 3.62. The number of aliphatic hydroxyl groups is 2. The number of aliphatic hydroxyl groups excluding tert-OH is 1. The first kappa shape index (κ1) is 5.06. The van der Waals surface area contributed by atoms with Gasteiger partial charge in [-0.05, 0) is 20.2 Å². The van der Waals surface area contributed by atoms with Gasteiger partial charge in [0.2, 0.25) is 0 Å². The quantitative estimate of drug-likeness (QED) is 0.524. The van der Waals surface area contributed by atoms with Gasteiger partial charge in [0.05, 0.1) is 5.60 Å². The standard InChI is InChI=1S/C5H12O2/c1-5(2,7)3-4-6/h6-7H,3-4H2,1-2H3/i3D/t3-/m0/s1. The van der Waals surface area contributed by atoms with Crippen molar-refractivity contribution in [3.05, 3.63) is 0 Å². The minimum absolute atomic E-state index is 0.288. The molecule has 2 nitrogen and oxygen atoms in total. The van der Waals surface area contributed by atoms with E-state index in [4.69, 9.17) is 11.6 Å². The van der Waals surface area contributed by atoms with Crippen LogP contribution >= 0.6 is 0 Å². The molecule has 0 bridgehead atoms. The fourth-order valence-corrected chi connectivity index (χ4v) is 0.223. The predicted molar refractivity (Wildman–Crippen MR) is 28.0 cm³/mol. The first-order chi connectivity index (χ1) is 3.48. The summed E-state index contributed by atoms with van der Waals surface area (Å²) >= 11 is 0. The summed E-state index contributed by atoms with van der Waals surface area (Å²) in [5.74, 6) is 0. The van der Waals surface area contributed by atoms with Gasteiger partial charge in [-0.3, -0.25) is 0 Å². The molecule has 0 rings (SSSR count). The van der Waals surface area contributed by atoms with Crippen molar-refractivity contribution in [1.29, 1.82) is 0 Å². The SMILES string of the molecule is [2H][C@@H](CO)C(C)(C)O. The zero-order valence-corrected chi connectivity index (χ0v) is 4.68. The lowest BCUT2D eigenvalue weighted by molar-refractivity contribution is 0.0515. The average molecular weight is 105 g/mol. The first-order valence-electron chi connectivity index (χ1n) is 2.81. The van der Waals surface area contributed by atoms with Crippen LogP contribution in [0, 0.1) is 0 Å². The van der Waals surface area contributed by atoms with Crippen LogP contribution in [-0.4, -0.2) is 22.4 Å². The second-order valence-electron chi connectivity index (χ2n) is 2.04. The van der Waals surface area contributed by atoms with E-state index in [9.17, 15) is 0 Å². The molecule has 1 atom stereocenters. The Labute approximate surface area is 45.2 Å². The van der Waals surface area contributed by atoms with Crippen LogP contribution in [0.3, 0.4) is 0 Å². The summed E-state index contributed by atoms with van der Waals surface area (Å²) in [6, 6.07) is 0. The highest BCUT2D eigenvalue weighted by Gasteiger charge is 2.09. The van der Waals surface area contributed by atoms with E-state index in [0.29, 0.717) is 0 Å². The summed E-state index contributed by atoms with van der Waals surface area (Å²) in [6.07, 6.45) is -0.789. The molecule has 2 N–H and O–H groups in total. The van der Waals surface area contributed by atoms with Crippen molar-refractivity contribution < 1.29 is 11.6 Å². The van der Waals surface area contributed by atoms with Crippen molar-refractivity contribution in [1.82, 2.24) is 0 Å². The molecule has 0 aliphatic heterocycles. The molecule has 0 unspecified atom stereocenters. The predicted octanol–water partition coefficient (Wildman–Crippen LogP) is 0.140. The largest absolute Gasteiger partial charge is 0.396 e. The van der Waals surface area contributed by atoms with Crippen LogP contribution < -0.4 is 0 Å². The van der Waals surface area contributed by atoms with Gasteiger partial charge < -0.3 is 10.2 Å². The van der Waals surface area contributed by atoms with E-state index in [0.717, 1.165) is 0 Å². The molecule has 0 aromatic heterocycles. The number of hydrogen-bond donors (Lipinski definition) is 2. The van der Waals surface area contributed by atoms with Crippen LogP contribution in [0.15, 0.2) is 0 Å². The van der Waals surface area contributed by atoms with Gasteiger partial charge in [0.1, 0.15) is 0 Å². The topological polar surface area (TPSA) is 40.5 Å². The van der Waals surface area contributed by atoms with E-state index in [1.807, 2.05) is 0 Å². The van der Waals surface area contributed by atoms with Crippen LogP contribution in [-0.2, 0) is 0 Å². The summed E-state index contributed by atoms with van der Waals surface area (Å²) in [4.78, 5) is 0. The summed E-state index contributed by atoms with van der Waals surface area (Å²) in [7, 11) is 0. The van der Waals surface area contributed by atoms with Crippen molar-refractivity contribution in [3.8, 4) is 0 Å². The zero-order chi connectivity index (χ0) is 6.78. The van der Waals surface area contributed by atoms with Gasteiger partial charge in [0, 0.05) is 7.98 Å². The normalized spacial score (nSPS) is 18.6. The van der Waals surface area contributed by atoms with Crippen molar-refractivity contribution in [3.63, 3.8) is 0 Å². The van der Waals surface area contributed by atoms with E-state index in [2.05, 4.69) is 0 Å². The Hall–Kier alpha value is -0.0800. The highest BCUT2D eigenvalue weighted by molar-refractivity contribution is 4.62. The molecule has 0 aliphatic rings. The fraction of sp³-hybridized carbons (Fsp3) is 1.00. The third-order valence-electron chi connectivity index (χ3n) is 0.591. The van der Waals surface area contributed by atoms with Crippen molar-refractivity contribution in [2.45, 2.75) is 25.8 Å². The minimum atomic E-state index is -1.07. The highest BCUT2D eigenvalue weighted by atomic mass is 16.3. The van der Waals surface area contributed by atoms with E-state index < -0.39 is 12.0 Å². The third-order valence-corrected chi connectivity index (χ3v) is 0.591. The zero-order valence-electron chi connectivity index (χ0n) is 5.68. The molecule has 0 saturated carbocycles. The molecule has 0 saturated heterocycles. The molecule has 0 spiro atoms. The second-order valence-corrected chi connectivity index (χ2v) is 2.04. The summed E-state index contributed by atoms with van der Waals surface area (Å²) < 4.78 is 6.97. The molecule has 7 heavy (non-hydrogen) atoms. The first-order valence-corrected chi connectivity index (χ1v) is 2.24. The summed E-state index contributed by atoms with van der Waals surface area (Å²) in [5.41, 5.74) is -1.07. The van der Waals surface area contributed by atoms with E-state index in [-0.39, 0.29) is 6.61 Å². The van der Waals surface area contributed by atoms with Gasteiger partial charge in [0.15, 0.2) is 0 Å². The maximum atomic E-state index is 8.94. The smallest absolute Gasteiger partial charge is 0.0613 e. The Morgan fingerprint density at radius 1 is 1.71 bits per heavy atom. The van der Waals surface area contributed by atoms with Crippen LogP contribution in [0.1, 0.15) is 21.6 Å². The molecule has 0 aliphatic carbocycles. The molecule has 2 heteroatoms. The molecular weight excluding hydrogens is 92.1 g/mol. The van der Waals surface area contributed by atoms with Crippen LogP contribution in [0.5, 0.6) is 0 Å². The maximum absolute atomic E-state index is 8.94. The Kier molecular flexibility index (Phi) is 1.65. The van der Waals surface area contributed by atoms with E-state index in [1.165, 1.54) is 13.8 Å². The lowest BCUT2D eigenvalue weighted by atomic mass is 10.1. The Morgan fingerprint density at radius 2 is 2.14 bits per heavy atom. The Bertz CT molecular complexity index is 67.3. The third kappa shape index (κ3) is 5.92. The van der Waals surface area contributed by atoms with Gasteiger partial charge in [-0.1, -0.05) is 0 Å². The highest BCUT2D eigenvalue weighted by Crippen LogP contribution is 2.04.